The Morgan fingerprint density at radius 3 is 2.43 bits per heavy atom. The zero-order chi connectivity index (χ0) is 16.8. The number of anilines is 1. The molecular weight excluding hydrogens is 304 g/mol. The number of carbonyl (C=O) groups excluding carboxylic acids is 1. The van der Waals surface area contributed by atoms with Crippen LogP contribution in [0.15, 0.2) is 47.4 Å². The number of hydrogen-bond acceptors (Lipinski definition) is 2. The number of thioether (sulfide) groups is 1. The third-order valence-corrected chi connectivity index (χ3v) is 4.43. The summed E-state index contributed by atoms with van der Waals surface area (Å²) in [4.78, 5) is 14.5. The lowest BCUT2D eigenvalue weighted by Crippen LogP contribution is -3.08. The standard InChI is InChI=1S/C19H24N2OS/c1-14-9-15(2)11-16(10-14)12-21(3)13-19(22)20-17-7-5-6-8-18(17)23-4/h5-11H,12-13H2,1-4H3,(H,20,22)/p+1. The molecule has 0 heterocycles. The molecule has 4 heteroatoms. The first-order valence-corrected chi connectivity index (χ1v) is 9.01. The van der Waals surface area contributed by atoms with Crippen molar-refractivity contribution < 1.29 is 9.69 Å². The van der Waals surface area contributed by atoms with Gasteiger partial charge in [-0.3, -0.25) is 4.79 Å². The van der Waals surface area contributed by atoms with Crippen molar-refractivity contribution in [3.8, 4) is 0 Å². The van der Waals surface area contributed by atoms with E-state index >= 15 is 0 Å². The molecule has 0 radical (unpaired) electrons. The summed E-state index contributed by atoms with van der Waals surface area (Å²) in [6, 6.07) is 14.5. The zero-order valence-corrected chi connectivity index (χ0v) is 15.1. The Hall–Kier alpha value is -1.78. The van der Waals surface area contributed by atoms with Gasteiger partial charge in [0.2, 0.25) is 0 Å². The Labute approximate surface area is 143 Å². The minimum Gasteiger partial charge on any atom is -0.326 e. The van der Waals surface area contributed by atoms with Crippen molar-refractivity contribution in [2.24, 2.45) is 0 Å². The first-order chi connectivity index (χ1) is 11.0. The highest BCUT2D eigenvalue weighted by Crippen LogP contribution is 2.24. The second-order valence-corrected chi connectivity index (χ2v) is 6.90. The third kappa shape index (κ3) is 5.41. The molecule has 2 aromatic rings. The summed E-state index contributed by atoms with van der Waals surface area (Å²) in [7, 11) is 2.05. The van der Waals surface area contributed by atoms with Gasteiger partial charge in [0.05, 0.1) is 12.7 Å². The number of benzene rings is 2. The molecule has 0 spiro atoms. The molecule has 0 aliphatic heterocycles. The van der Waals surface area contributed by atoms with Crippen LogP contribution in [0.3, 0.4) is 0 Å². The molecule has 0 fully saturated rings. The summed E-state index contributed by atoms with van der Waals surface area (Å²) in [5.41, 5.74) is 4.71. The lowest BCUT2D eigenvalue weighted by molar-refractivity contribution is -0.885. The van der Waals surface area contributed by atoms with Gasteiger partial charge in [-0.05, 0) is 32.2 Å². The van der Waals surface area contributed by atoms with E-state index in [1.807, 2.05) is 30.5 Å². The molecule has 1 amide bonds. The molecule has 122 valence electrons. The maximum atomic E-state index is 12.3. The highest BCUT2D eigenvalue weighted by atomic mass is 32.2. The van der Waals surface area contributed by atoms with E-state index in [1.54, 1.807) is 11.8 Å². The van der Waals surface area contributed by atoms with Gasteiger partial charge in [-0.1, -0.05) is 41.5 Å². The average Bonchev–Trinajstić information content (AvgIpc) is 2.46. The number of quaternary nitrogens is 1. The number of nitrogens with one attached hydrogen (secondary N) is 2. The summed E-state index contributed by atoms with van der Waals surface area (Å²) in [6.07, 6.45) is 2.02. The monoisotopic (exact) mass is 329 g/mol. The molecule has 1 atom stereocenters. The molecule has 0 bridgehead atoms. The Morgan fingerprint density at radius 1 is 1.13 bits per heavy atom. The van der Waals surface area contributed by atoms with Crippen molar-refractivity contribution in [2.75, 3.05) is 25.2 Å². The lowest BCUT2D eigenvalue weighted by Gasteiger charge is -2.15. The van der Waals surface area contributed by atoms with E-state index < -0.39 is 0 Å². The minimum absolute atomic E-state index is 0.0494. The van der Waals surface area contributed by atoms with E-state index in [4.69, 9.17) is 0 Å². The number of amides is 1. The van der Waals surface area contributed by atoms with E-state index in [1.165, 1.54) is 21.6 Å². The van der Waals surface area contributed by atoms with Crippen LogP contribution in [-0.4, -0.2) is 25.8 Å². The fraction of sp³-hybridized carbons (Fsp3) is 0.316. The van der Waals surface area contributed by atoms with Crippen LogP contribution in [0, 0.1) is 13.8 Å². The highest BCUT2D eigenvalue weighted by Gasteiger charge is 2.12. The molecular formula is C19H25N2OS+. The van der Waals surface area contributed by atoms with Crippen molar-refractivity contribution in [1.82, 2.24) is 0 Å². The van der Waals surface area contributed by atoms with E-state index in [9.17, 15) is 4.79 Å². The molecule has 2 rings (SSSR count). The molecule has 3 nitrogen and oxygen atoms in total. The van der Waals surface area contributed by atoms with Crippen LogP contribution in [0.1, 0.15) is 16.7 Å². The second kappa shape index (κ2) is 8.18. The van der Waals surface area contributed by atoms with Gasteiger partial charge in [-0.25, -0.2) is 0 Å². The molecule has 0 aromatic heterocycles. The predicted molar refractivity (Wildman–Crippen MR) is 98.2 cm³/mol. The summed E-state index contributed by atoms with van der Waals surface area (Å²) in [5, 5.41) is 3.02. The summed E-state index contributed by atoms with van der Waals surface area (Å²) in [6.45, 7) is 5.52. The van der Waals surface area contributed by atoms with Gasteiger partial charge in [0.15, 0.2) is 6.54 Å². The van der Waals surface area contributed by atoms with Crippen molar-refractivity contribution in [3.63, 3.8) is 0 Å². The number of rotatable bonds is 6. The van der Waals surface area contributed by atoms with Gasteiger partial charge >= 0.3 is 0 Å². The van der Waals surface area contributed by atoms with Crippen LogP contribution in [0.5, 0.6) is 0 Å². The van der Waals surface area contributed by atoms with Crippen molar-refractivity contribution in [1.29, 1.82) is 0 Å². The number of para-hydroxylation sites is 1. The van der Waals surface area contributed by atoms with Crippen LogP contribution in [-0.2, 0) is 11.3 Å². The van der Waals surface area contributed by atoms with Crippen molar-refractivity contribution >= 4 is 23.4 Å². The lowest BCUT2D eigenvalue weighted by atomic mass is 10.1. The molecule has 2 N–H and O–H groups in total. The maximum Gasteiger partial charge on any atom is 0.279 e. The Morgan fingerprint density at radius 2 is 1.78 bits per heavy atom. The largest absolute Gasteiger partial charge is 0.326 e. The van der Waals surface area contributed by atoms with Crippen molar-refractivity contribution in [2.45, 2.75) is 25.3 Å². The average molecular weight is 329 g/mol. The third-order valence-electron chi connectivity index (χ3n) is 3.63. The fourth-order valence-electron chi connectivity index (χ4n) is 2.80. The first-order valence-electron chi connectivity index (χ1n) is 7.79. The van der Waals surface area contributed by atoms with Crippen LogP contribution >= 0.6 is 11.8 Å². The maximum absolute atomic E-state index is 12.3. The molecule has 2 aromatic carbocycles. The molecule has 1 unspecified atom stereocenters. The van der Waals surface area contributed by atoms with Crippen LogP contribution in [0.4, 0.5) is 5.69 Å². The van der Waals surface area contributed by atoms with Gasteiger partial charge in [0.1, 0.15) is 6.54 Å². The molecule has 0 saturated carbocycles. The smallest absolute Gasteiger partial charge is 0.279 e. The zero-order valence-electron chi connectivity index (χ0n) is 14.3. The van der Waals surface area contributed by atoms with E-state index in [0.29, 0.717) is 6.54 Å². The van der Waals surface area contributed by atoms with Gasteiger partial charge in [0.25, 0.3) is 5.91 Å². The van der Waals surface area contributed by atoms with Crippen LogP contribution in [0.25, 0.3) is 0 Å². The minimum atomic E-state index is 0.0494. The topological polar surface area (TPSA) is 33.5 Å². The second-order valence-electron chi connectivity index (χ2n) is 6.06. The van der Waals surface area contributed by atoms with Crippen LogP contribution in [0.2, 0.25) is 0 Å². The Kier molecular flexibility index (Phi) is 6.25. The number of likely N-dealkylation sites (N-methyl/N-ethyl adjacent to an activating group) is 1. The fourth-order valence-corrected chi connectivity index (χ4v) is 3.35. The highest BCUT2D eigenvalue weighted by molar-refractivity contribution is 7.98. The Bertz CT molecular complexity index is 665. The van der Waals surface area contributed by atoms with E-state index in [-0.39, 0.29) is 5.91 Å². The molecule has 0 aliphatic rings. The van der Waals surface area contributed by atoms with Gasteiger partial charge in [-0.15, -0.1) is 11.8 Å². The van der Waals surface area contributed by atoms with E-state index in [0.717, 1.165) is 17.1 Å². The number of hydrogen-bond donors (Lipinski definition) is 2. The van der Waals surface area contributed by atoms with Gasteiger partial charge in [0, 0.05) is 10.5 Å². The van der Waals surface area contributed by atoms with Gasteiger partial charge < -0.3 is 10.2 Å². The quantitative estimate of drug-likeness (QED) is 0.799. The molecule has 23 heavy (non-hydrogen) atoms. The summed E-state index contributed by atoms with van der Waals surface area (Å²) < 4.78 is 0. The predicted octanol–water partition coefficient (Wildman–Crippen LogP) is 2.68. The number of carbonyl (C=O) groups is 1. The van der Waals surface area contributed by atoms with Crippen LogP contribution < -0.4 is 10.2 Å². The van der Waals surface area contributed by atoms with Crippen molar-refractivity contribution in [3.05, 3.63) is 59.2 Å². The first kappa shape index (κ1) is 17.6. The number of aryl methyl sites for hydroxylation is 2. The molecule has 0 saturated heterocycles. The summed E-state index contributed by atoms with van der Waals surface area (Å²) in [5.74, 6) is 0.0494. The van der Waals surface area contributed by atoms with Gasteiger partial charge in [-0.2, -0.15) is 0 Å². The summed E-state index contributed by atoms with van der Waals surface area (Å²) >= 11 is 1.64. The Balaban J connectivity index is 1.94. The molecule has 0 aliphatic carbocycles. The normalized spacial score (nSPS) is 12.0. The van der Waals surface area contributed by atoms with E-state index in [2.05, 4.69) is 44.4 Å². The SMILES string of the molecule is CSc1ccccc1NC(=O)C[NH+](C)Cc1cc(C)cc(C)c1.